The fourth-order valence-corrected chi connectivity index (χ4v) is 3.45. The van der Waals surface area contributed by atoms with Crippen LogP contribution in [0.1, 0.15) is 52.2 Å². The van der Waals surface area contributed by atoms with Crippen LogP contribution < -0.4 is 10.6 Å². The minimum absolute atomic E-state index is 0.191. The van der Waals surface area contributed by atoms with Crippen molar-refractivity contribution in [3.8, 4) is 0 Å². The molecular formula is C18H30N2. The molecule has 0 bridgehead atoms. The van der Waals surface area contributed by atoms with Crippen molar-refractivity contribution >= 4 is 0 Å². The Bertz CT molecular complexity index is 443. The molecule has 0 radical (unpaired) electrons. The lowest BCUT2D eigenvalue weighted by Gasteiger charge is -2.36. The number of hydrogen-bond acceptors (Lipinski definition) is 2. The third-order valence-electron chi connectivity index (χ3n) is 3.97. The highest BCUT2D eigenvalue weighted by Crippen LogP contribution is 2.27. The summed E-state index contributed by atoms with van der Waals surface area (Å²) in [6.45, 7) is 13.6. The zero-order chi connectivity index (χ0) is 14.8. The molecule has 0 spiro atoms. The fourth-order valence-electron chi connectivity index (χ4n) is 3.45. The second-order valence-corrected chi connectivity index (χ2v) is 8.05. The molecule has 1 atom stereocenters. The summed E-state index contributed by atoms with van der Waals surface area (Å²) in [6.07, 6.45) is 2.32. The molecule has 20 heavy (non-hydrogen) atoms. The molecule has 1 aromatic rings. The lowest BCUT2D eigenvalue weighted by atomic mass is 9.81. The Morgan fingerprint density at radius 1 is 1.10 bits per heavy atom. The largest absolute Gasteiger partial charge is 0.310 e. The van der Waals surface area contributed by atoms with Crippen molar-refractivity contribution in [2.24, 2.45) is 5.41 Å². The first-order valence-corrected chi connectivity index (χ1v) is 7.80. The number of fused-ring (bicyclic) bond motifs is 1. The molecule has 1 aliphatic heterocycles. The van der Waals surface area contributed by atoms with Crippen molar-refractivity contribution in [1.29, 1.82) is 0 Å². The Balaban J connectivity index is 1.87. The summed E-state index contributed by atoms with van der Waals surface area (Å²) >= 11 is 0. The van der Waals surface area contributed by atoms with Crippen molar-refractivity contribution < 1.29 is 0 Å². The van der Waals surface area contributed by atoms with Gasteiger partial charge in [0.15, 0.2) is 0 Å². The van der Waals surface area contributed by atoms with E-state index >= 15 is 0 Å². The average molecular weight is 274 g/mol. The van der Waals surface area contributed by atoms with Crippen LogP contribution in [0.5, 0.6) is 0 Å². The first-order valence-electron chi connectivity index (χ1n) is 7.80. The van der Waals surface area contributed by atoms with Crippen molar-refractivity contribution in [2.75, 3.05) is 6.54 Å². The standard InChI is InChI=1S/C18H30N2/c1-17(2,3)13-18(4,5)20-12-16-10-14-8-6-7-9-15(14)11-19-16/h6-9,16,19-20H,10-13H2,1-5H3. The van der Waals surface area contributed by atoms with Gasteiger partial charge in [-0.2, -0.15) is 0 Å². The maximum Gasteiger partial charge on any atom is 0.0236 e. The van der Waals surface area contributed by atoms with E-state index in [4.69, 9.17) is 0 Å². The maximum absolute atomic E-state index is 3.75. The van der Waals surface area contributed by atoms with E-state index in [2.05, 4.69) is 69.5 Å². The van der Waals surface area contributed by atoms with E-state index in [0.29, 0.717) is 11.5 Å². The lowest BCUT2D eigenvalue weighted by molar-refractivity contribution is 0.233. The van der Waals surface area contributed by atoms with Gasteiger partial charge in [0.1, 0.15) is 0 Å². The zero-order valence-corrected chi connectivity index (χ0v) is 13.7. The van der Waals surface area contributed by atoms with Gasteiger partial charge < -0.3 is 10.6 Å². The second kappa shape index (κ2) is 5.87. The number of rotatable bonds is 4. The van der Waals surface area contributed by atoms with E-state index in [0.717, 1.165) is 19.5 Å². The summed E-state index contributed by atoms with van der Waals surface area (Å²) in [6, 6.07) is 9.33. The van der Waals surface area contributed by atoms with Crippen LogP contribution in [0.4, 0.5) is 0 Å². The van der Waals surface area contributed by atoms with Gasteiger partial charge in [0.25, 0.3) is 0 Å². The molecule has 112 valence electrons. The third-order valence-corrected chi connectivity index (χ3v) is 3.97. The normalized spacial score (nSPS) is 19.8. The fraction of sp³-hybridized carbons (Fsp3) is 0.667. The highest BCUT2D eigenvalue weighted by Gasteiger charge is 2.26. The lowest BCUT2D eigenvalue weighted by Crippen LogP contribution is -2.50. The van der Waals surface area contributed by atoms with E-state index in [1.165, 1.54) is 17.5 Å². The van der Waals surface area contributed by atoms with Gasteiger partial charge in [0.2, 0.25) is 0 Å². The molecule has 0 saturated carbocycles. The SMILES string of the molecule is CC(C)(C)CC(C)(C)NCC1Cc2ccccc2CN1. The smallest absolute Gasteiger partial charge is 0.0236 e. The minimum Gasteiger partial charge on any atom is -0.310 e. The summed E-state index contributed by atoms with van der Waals surface area (Å²) < 4.78 is 0. The molecule has 1 unspecified atom stereocenters. The van der Waals surface area contributed by atoms with Crippen molar-refractivity contribution in [3.63, 3.8) is 0 Å². The molecule has 0 aliphatic carbocycles. The van der Waals surface area contributed by atoms with E-state index in [1.54, 1.807) is 0 Å². The Morgan fingerprint density at radius 2 is 1.75 bits per heavy atom. The third kappa shape index (κ3) is 4.60. The van der Waals surface area contributed by atoms with E-state index in [-0.39, 0.29) is 5.54 Å². The predicted molar refractivity (Wildman–Crippen MR) is 86.9 cm³/mol. The zero-order valence-electron chi connectivity index (χ0n) is 13.7. The molecule has 0 saturated heterocycles. The summed E-state index contributed by atoms with van der Waals surface area (Å²) in [7, 11) is 0. The topological polar surface area (TPSA) is 24.1 Å². The summed E-state index contributed by atoms with van der Waals surface area (Å²) in [5, 5.41) is 7.40. The summed E-state index contributed by atoms with van der Waals surface area (Å²) in [5.74, 6) is 0. The van der Waals surface area contributed by atoms with Gasteiger partial charge >= 0.3 is 0 Å². The van der Waals surface area contributed by atoms with Gasteiger partial charge in [-0.05, 0) is 43.2 Å². The predicted octanol–water partition coefficient (Wildman–Crippen LogP) is 3.51. The van der Waals surface area contributed by atoms with Crippen LogP contribution in [0.15, 0.2) is 24.3 Å². The molecule has 0 amide bonds. The van der Waals surface area contributed by atoms with Crippen LogP contribution >= 0.6 is 0 Å². The molecule has 2 heteroatoms. The highest BCUT2D eigenvalue weighted by molar-refractivity contribution is 5.29. The Labute approximate surface area is 124 Å². The van der Waals surface area contributed by atoms with Crippen LogP contribution in [0.2, 0.25) is 0 Å². The molecule has 1 heterocycles. The van der Waals surface area contributed by atoms with Gasteiger partial charge in [-0.3, -0.25) is 0 Å². The number of hydrogen-bond donors (Lipinski definition) is 2. The molecule has 1 aromatic carbocycles. The molecule has 2 N–H and O–H groups in total. The van der Waals surface area contributed by atoms with E-state index < -0.39 is 0 Å². The highest BCUT2D eigenvalue weighted by atomic mass is 15.0. The van der Waals surface area contributed by atoms with Gasteiger partial charge in [0, 0.05) is 24.7 Å². The van der Waals surface area contributed by atoms with E-state index in [9.17, 15) is 0 Å². The number of nitrogens with one attached hydrogen (secondary N) is 2. The van der Waals surface area contributed by atoms with Gasteiger partial charge in [0.05, 0.1) is 0 Å². The van der Waals surface area contributed by atoms with Crippen molar-refractivity contribution in [3.05, 3.63) is 35.4 Å². The minimum atomic E-state index is 0.191. The molecule has 0 fully saturated rings. The molecular weight excluding hydrogens is 244 g/mol. The molecule has 1 aliphatic rings. The van der Waals surface area contributed by atoms with Crippen LogP contribution in [0.25, 0.3) is 0 Å². The molecule has 2 nitrogen and oxygen atoms in total. The maximum atomic E-state index is 3.75. The first kappa shape index (κ1) is 15.5. The van der Waals surface area contributed by atoms with Crippen molar-refractivity contribution in [2.45, 2.75) is 65.6 Å². The van der Waals surface area contributed by atoms with Crippen LogP contribution in [-0.4, -0.2) is 18.1 Å². The number of benzene rings is 1. The van der Waals surface area contributed by atoms with Crippen molar-refractivity contribution in [1.82, 2.24) is 10.6 Å². The Morgan fingerprint density at radius 3 is 2.40 bits per heavy atom. The van der Waals surface area contributed by atoms with Gasteiger partial charge in [-0.1, -0.05) is 45.0 Å². The quantitative estimate of drug-likeness (QED) is 0.878. The summed E-state index contributed by atoms with van der Waals surface area (Å²) in [5.41, 5.74) is 3.52. The van der Waals surface area contributed by atoms with Crippen LogP contribution in [0.3, 0.4) is 0 Å². The van der Waals surface area contributed by atoms with Crippen LogP contribution in [0, 0.1) is 5.41 Å². The Hall–Kier alpha value is -0.860. The van der Waals surface area contributed by atoms with Crippen LogP contribution in [-0.2, 0) is 13.0 Å². The molecule has 2 rings (SSSR count). The summed E-state index contributed by atoms with van der Waals surface area (Å²) in [4.78, 5) is 0. The second-order valence-electron chi connectivity index (χ2n) is 8.05. The Kier molecular flexibility index (Phi) is 4.55. The first-order chi connectivity index (χ1) is 9.25. The average Bonchev–Trinajstić information content (AvgIpc) is 2.33. The van der Waals surface area contributed by atoms with Gasteiger partial charge in [-0.25, -0.2) is 0 Å². The monoisotopic (exact) mass is 274 g/mol. The molecule has 0 aromatic heterocycles. The van der Waals surface area contributed by atoms with Gasteiger partial charge in [-0.15, -0.1) is 0 Å². The van der Waals surface area contributed by atoms with E-state index in [1.807, 2.05) is 0 Å².